The van der Waals surface area contributed by atoms with Crippen LogP contribution in [0.3, 0.4) is 0 Å². The molecule has 1 saturated carbocycles. The van der Waals surface area contributed by atoms with Gasteiger partial charge in [-0.3, -0.25) is 0 Å². The third-order valence-electron chi connectivity index (χ3n) is 4.07. The molecule has 0 radical (unpaired) electrons. The van der Waals surface area contributed by atoms with Gasteiger partial charge < -0.3 is 26.1 Å². The molecule has 1 amide bonds. The number of carbonyl (C=O) groups excluding carboxylic acids is 1. The molecule has 1 fully saturated rings. The summed E-state index contributed by atoms with van der Waals surface area (Å²) in [5.74, 6) is 0.0114. The summed E-state index contributed by atoms with van der Waals surface area (Å²) < 4.78 is 43.4. The maximum absolute atomic E-state index is 13.0. The normalized spacial score (nSPS) is 15.1. The van der Waals surface area contributed by atoms with Crippen molar-refractivity contribution in [3.63, 3.8) is 0 Å². The van der Waals surface area contributed by atoms with Crippen LogP contribution in [0.5, 0.6) is 0 Å². The van der Waals surface area contributed by atoms with Gasteiger partial charge in [0.25, 0.3) is 0 Å². The smallest absolute Gasteiger partial charge is 0.433 e. The Morgan fingerprint density at radius 3 is 2.67 bits per heavy atom. The van der Waals surface area contributed by atoms with Crippen LogP contribution in [0.4, 0.5) is 23.8 Å². The van der Waals surface area contributed by atoms with E-state index in [9.17, 15) is 18.0 Å². The van der Waals surface area contributed by atoms with Crippen LogP contribution in [0.15, 0.2) is 12.1 Å². The van der Waals surface area contributed by atoms with Gasteiger partial charge in [0.1, 0.15) is 11.5 Å². The number of ether oxygens (including phenoxy) is 1. The lowest BCUT2D eigenvalue weighted by Crippen LogP contribution is -2.36. The van der Waals surface area contributed by atoms with Crippen molar-refractivity contribution in [1.82, 2.24) is 15.6 Å². The highest BCUT2D eigenvalue weighted by Gasteiger charge is 2.34. The summed E-state index contributed by atoms with van der Waals surface area (Å²) in [4.78, 5) is 14.7. The Hall–Kier alpha value is -2.36. The highest BCUT2D eigenvalue weighted by molar-refractivity contribution is 6.05. The summed E-state index contributed by atoms with van der Waals surface area (Å²) in [5, 5.41) is 16.9. The second-order valence-electron chi connectivity index (χ2n) is 6.37. The predicted molar refractivity (Wildman–Crippen MR) is 95.2 cm³/mol. The van der Waals surface area contributed by atoms with Gasteiger partial charge in [-0.25, -0.2) is 9.78 Å². The van der Waals surface area contributed by atoms with Gasteiger partial charge in [-0.2, -0.15) is 13.2 Å². The van der Waals surface area contributed by atoms with Crippen molar-refractivity contribution in [1.29, 1.82) is 5.41 Å². The van der Waals surface area contributed by atoms with E-state index in [2.05, 4.69) is 25.7 Å². The van der Waals surface area contributed by atoms with Crippen molar-refractivity contribution in [2.75, 3.05) is 25.5 Å². The van der Waals surface area contributed by atoms with Gasteiger partial charge in [-0.1, -0.05) is 0 Å². The Kier molecular flexibility index (Phi) is 7.00. The van der Waals surface area contributed by atoms with Crippen molar-refractivity contribution in [3.8, 4) is 0 Å². The Morgan fingerprint density at radius 1 is 1.37 bits per heavy atom. The number of methoxy groups -OCH3 is 1. The SMILES string of the molecule is COC(=O)NCCCNc1nc(C(F)(F)F)ccc1C(=N)C(C)NC1CC1. The summed E-state index contributed by atoms with van der Waals surface area (Å²) in [6.07, 6.45) is -2.60. The summed E-state index contributed by atoms with van der Waals surface area (Å²) in [5.41, 5.74) is -0.514. The number of carbonyl (C=O) groups is 1. The summed E-state index contributed by atoms with van der Waals surface area (Å²) in [6, 6.07) is 2.23. The van der Waals surface area contributed by atoms with Crippen LogP contribution in [0.1, 0.15) is 37.4 Å². The van der Waals surface area contributed by atoms with Crippen LogP contribution in [0.25, 0.3) is 0 Å². The monoisotopic (exact) mass is 387 g/mol. The van der Waals surface area contributed by atoms with E-state index < -0.39 is 18.0 Å². The highest BCUT2D eigenvalue weighted by atomic mass is 19.4. The van der Waals surface area contributed by atoms with E-state index in [1.165, 1.54) is 13.2 Å². The van der Waals surface area contributed by atoms with Crippen LogP contribution in [0, 0.1) is 5.41 Å². The zero-order valence-electron chi connectivity index (χ0n) is 15.2. The number of nitrogens with one attached hydrogen (secondary N) is 4. The molecule has 1 aromatic rings. The van der Waals surface area contributed by atoms with Gasteiger partial charge in [0.2, 0.25) is 0 Å². The maximum atomic E-state index is 13.0. The Morgan fingerprint density at radius 2 is 2.07 bits per heavy atom. The summed E-state index contributed by atoms with van der Waals surface area (Å²) >= 11 is 0. The van der Waals surface area contributed by atoms with Crippen LogP contribution in [-0.4, -0.2) is 49.1 Å². The average Bonchev–Trinajstić information content (AvgIpc) is 3.43. The van der Waals surface area contributed by atoms with Gasteiger partial charge in [0.15, 0.2) is 0 Å². The van der Waals surface area contributed by atoms with Crippen molar-refractivity contribution in [3.05, 3.63) is 23.4 Å². The molecule has 27 heavy (non-hydrogen) atoms. The number of halogens is 3. The predicted octanol–water partition coefficient (Wildman–Crippen LogP) is 2.77. The topological polar surface area (TPSA) is 99.1 Å². The first-order valence-electron chi connectivity index (χ1n) is 8.71. The molecule has 0 bridgehead atoms. The largest absolute Gasteiger partial charge is 0.453 e. The van der Waals surface area contributed by atoms with E-state index in [0.717, 1.165) is 18.9 Å². The highest BCUT2D eigenvalue weighted by Crippen LogP contribution is 2.30. The first-order chi connectivity index (χ1) is 12.7. The Balaban J connectivity index is 2.07. The van der Waals surface area contributed by atoms with E-state index in [4.69, 9.17) is 5.41 Å². The fraction of sp³-hybridized carbons (Fsp3) is 0.588. The Labute approximate surface area is 155 Å². The fourth-order valence-electron chi connectivity index (χ4n) is 2.45. The standard InChI is InChI=1S/C17H24F3N5O2/c1-10(24-11-4-5-11)14(21)12-6-7-13(17(18,19)20)25-15(12)22-8-3-9-23-16(26)27-2/h6-7,10-11,21,24H,3-5,8-9H2,1-2H3,(H,22,25)(H,23,26). The molecule has 1 atom stereocenters. The number of amides is 1. The molecule has 0 saturated heterocycles. The summed E-state index contributed by atoms with van der Waals surface area (Å²) in [7, 11) is 1.24. The molecule has 1 heterocycles. The number of aromatic nitrogens is 1. The Bertz CT molecular complexity index is 677. The molecule has 10 heteroatoms. The van der Waals surface area contributed by atoms with E-state index in [-0.39, 0.29) is 24.1 Å². The average molecular weight is 387 g/mol. The van der Waals surface area contributed by atoms with Gasteiger partial charge in [0, 0.05) is 30.7 Å². The van der Waals surface area contributed by atoms with Gasteiger partial charge in [-0.15, -0.1) is 0 Å². The molecule has 7 nitrogen and oxygen atoms in total. The van der Waals surface area contributed by atoms with Gasteiger partial charge in [0.05, 0.1) is 12.8 Å². The first kappa shape index (κ1) is 20.9. The molecule has 150 valence electrons. The van der Waals surface area contributed by atoms with Crippen molar-refractivity contribution in [2.24, 2.45) is 0 Å². The third kappa shape index (κ3) is 6.38. The lowest BCUT2D eigenvalue weighted by Gasteiger charge is -2.19. The molecular weight excluding hydrogens is 363 g/mol. The number of pyridine rings is 1. The number of rotatable bonds is 9. The summed E-state index contributed by atoms with van der Waals surface area (Å²) in [6.45, 7) is 2.39. The molecule has 1 unspecified atom stereocenters. The first-order valence-corrected chi connectivity index (χ1v) is 8.71. The number of anilines is 1. The van der Waals surface area contributed by atoms with Crippen LogP contribution in [-0.2, 0) is 10.9 Å². The zero-order valence-corrected chi connectivity index (χ0v) is 15.2. The van der Waals surface area contributed by atoms with Crippen molar-refractivity contribution in [2.45, 2.75) is 44.4 Å². The van der Waals surface area contributed by atoms with Crippen LogP contribution < -0.4 is 16.0 Å². The van der Waals surface area contributed by atoms with Gasteiger partial charge >= 0.3 is 12.3 Å². The maximum Gasteiger partial charge on any atom is 0.433 e. The molecule has 1 aliphatic carbocycles. The van der Waals surface area contributed by atoms with Gasteiger partial charge in [-0.05, 0) is 38.3 Å². The van der Waals surface area contributed by atoms with E-state index in [1.54, 1.807) is 0 Å². The number of nitrogens with zero attached hydrogens (tertiary/aromatic N) is 1. The minimum atomic E-state index is -4.57. The second-order valence-corrected chi connectivity index (χ2v) is 6.37. The van der Waals surface area contributed by atoms with E-state index >= 15 is 0 Å². The van der Waals surface area contributed by atoms with Crippen LogP contribution in [0.2, 0.25) is 0 Å². The van der Waals surface area contributed by atoms with E-state index in [1.807, 2.05) is 6.92 Å². The molecule has 0 aliphatic heterocycles. The molecular formula is C17H24F3N5O2. The second kappa shape index (κ2) is 9.03. The minimum Gasteiger partial charge on any atom is -0.453 e. The minimum absolute atomic E-state index is 0.0114. The number of alkyl halides is 3. The zero-order chi connectivity index (χ0) is 20.0. The fourth-order valence-corrected chi connectivity index (χ4v) is 2.45. The van der Waals surface area contributed by atoms with E-state index in [0.29, 0.717) is 24.6 Å². The quantitative estimate of drug-likeness (QED) is 0.386. The molecule has 2 rings (SSSR count). The van der Waals surface area contributed by atoms with Crippen molar-refractivity contribution < 1.29 is 22.7 Å². The molecule has 1 aromatic heterocycles. The lowest BCUT2D eigenvalue weighted by atomic mass is 10.0. The molecule has 4 N–H and O–H groups in total. The number of alkyl carbamates (subject to hydrolysis) is 1. The molecule has 1 aliphatic rings. The number of hydrogen-bond donors (Lipinski definition) is 4. The number of hydrogen-bond acceptors (Lipinski definition) is 6. The van der Waals surface area contributed by atoms with Crippen molar-refractivity contribution >= 4 is 17.6 Å². The molecule has 0 aromatic carbocycles. The van der Waals surface area contributed by atoms with Crippen LogP contribution >= 0.6 is 0 Å². The molecule has 0 spiro atoms. The lowest BCUT2D eigenvalue weighted by molar-refractivity contribution is -0.141. The third-order valence-corrected chi connectivity index (χ3v) is 4.07.